The monoisotopic (exact) mass is 453 g/mol. The van der Waals surface area contributed by atoms with E-state index in [-0.39, 0.29) is 22.5 Å². The number of thiophene rings is 1. The highest BCUT2D eigenvalue weighted by Crippen LogP contribution is 2.36. The van der Waals surface area contributed by atoms with Crippen LogP contribution in [0.2, 0.25) is 0 Å². The Morgan fingerprint density at radius 1 is 1.30 bits per heavy atom. The Morgan fingerprint density at radius 3 is 2.80 bits per heavy atom. The summed E-state index contributed by atoms with van der Waals surface area (Å²) >= 11 is 2.49. The summed E-state index contributed by atoms with van der Waals surface area (Å²) in [6.45, 7) is 0. The zero-order chi connectivity index (χ0) is 21.5. The van der Waals surface area contributed by atoms with E-state index in [1.807, 2.05) is 0 Å². The second-order valence-electron chi connectivity index (χ2n) is 6.94. The predicted molar refractivity (Wildman–Crippen MR) is 112 cm³/mol. The summed E-state index contributed by atoms with van der Waals surface area (Å²) < 4.78 is 41.0. The lowest BCUT2D eigenvalue weighted by atomic mass is 9.97. The van der Waals surface area contributed by atoms with Crippen molar-refractivity contribution in [1.29, 1.82) is 0 Å². The molecule has 0 spiro atoms. The summed E-state index contributed by atoms with van der Waals surface area (Å²) in [7, 11) is 1.49. The molecule has 1 aromatic carbocycles. The molecule has 2 aromatic heterocycles. The summed E-state index contributed by atoms with van der Waals surface area (Å²) in [5, 5.41) is 3.18. The van der Waals surface area contributed by atoms with Gasteiger partial charge < -0.3 is 5.32 Å². The number of hydrogen-bond acceptors (Lipinski definition) is 5. The van der Waals surface area contributed by atoms with Crippen molar-refractivity contribution in [1.82, 2.24) is 14.9 Å². The number of benzene rings is 1. The molecule has 3 aromatic rings. The number of hydrogen-bond donors (Lipinski definition) is 1. The van der Waals surface area contributed by atoms with Crippen molar-refractivity contribution in [2.45, 2.75) is 37.0 Å². The molecule has 1 N–H and O–H groups in total. The Morgan fingerprint density at radius 2 is 2.07 bits per heavy atom. The highest BCUT2D eigenvalue weighted by Gasteiger charge is 2.31. The molecule has 0 atom stereocenters. The molecule has 0 saturated carbocycles. The number of nitrogens with one attached hydrogen (secondary N) is 1. The van der Waals surface area contributed by atoms with E-state index in [2.05, 4.69) is 10.3 Å². The van der Waals surface area contributed by atoms with Crippen LogP contribution in [0.1, 0.15) is 28.8 Å². The molecule has 5 nitrogen and oxygen atoms in total. The van der Waals surface area contributed by atoms with Crippen molar-refractivity contribution in [2.24, 2.45) is 0 Å². The van der Waals surface area contributed by atoms with E-state index in [4.69, 9.17) is 0 Å². The maximum Gasteiger partial charge on any atom is 0.416 e. The molecule has 0 fully saturated rings. The quantitative estimate of drug-likeness (QED) is 0.476. The van der Waals surface area contributed by atoms with Crippen LogP contribution in [0.4, 0.5) is 13.2 Å². The number of alkyl halides is 3. The van der Waals surface area contributed by atoms with Gasteiger partial charge in [-0.3, -0.25) is 14.2 Å². The summed E-state index contributed by atoms with van der Waals surface area (Å²) in [6.07, 6.45) is -0.886. The minimum Gasteiger partial charge on any atom is -0.358 e. The minimum atomic E-state index is -4.53. The van der Waals surface area contributed by atoms with Gasteiger partial charge in [-0.2, -0.15) is 13.2 Å². The molecule has 0 saturated heterocycles. The van der Waals surface area contributed by atoms with Crippen LogP contribution >= 0.6 is 23.1 Å². The Balaban J connectivity index is 1.94. The number of amides is 1. The molecule has 4 rings (SSSR count). The highest BCUT2D eigenvalue weighted by atomic mass is 32.2. The van der Waals surface area contributed by atoms with Crippen LogP contribution in [0, 0.1) is 0 Å². The average Bonchev–Trinajstić information content (AvgIpc) is 3.10. The van der Waals surface area contributed by atoms with Crippen LogP contribution in [0.3, 0.4) is 0 Å². The third kappa shape index (κ3) is 3.85. The number of aryl methyl sites for hydroxylation is 2. The minimum absolute atomic E-state index is 0.00149. The van der Waals surface area contributed by atoms with E-state index < -0.39 is 17.3 Å². The number of fused-ring (bicyclic) bond motifs is 3. The number of carbonyl (C=O) groups excluding carboxylic acids is 1. The molecule has 30 heavy (non-hydrogen) atoms. The molecular formula is C20H18F3N3O2S2. The second-order valence-corrected chi connectivity index (χ2v) is 8.96. The standard InChI is InChI=1S/C20H18F3N3O2S2/c1-24-15(27)10-29-19-25-17-16(13-7-2-3-8-14(13)30-17)18(28)26(19)12-6-4-5-11(9-12)20(21,22)23/h4-6,9H,2-3,7-8,10H2,1H3,(H,24,27). The van der Waals surface area contributed by atoms with Gasteiger partial charge in [-0.15, -0.1) is 11.3 Å². The molecule has 0 radical (unpaired) electrons. The Bertz CT molecular complexity index is 1180. The fourth-order valence-electron chi connectivity index (χ4n) is 3.53. The van der Waals surface area contributed by atoms with Crippen LogP contribution < -0.4 is 10.9 Å². The number of halogens is 3. The van der Waals surface area contributed by atoms with Crippen molar-refractivity contribution >= 4 is 39.2 Å². The van der Waals surface area contributed by atoms with Crippen LogP contribution in [0.5, 0.6) is 0 Å². The molecule has 0 bridgehead atoms. The van der Waals surface area contributed by atoms with E-state index in [0.29, 0.717) is 10.2 Å². The highest BCUT2D eigenvalue weighted by molar-refractivity contribution is 7.99. The zero-order valence-corrected chi connectivity index (χ0v) is 17.6. The number of thioether (sulfide) groups is 1. The van der Waals surface area contributed by atoms with Crippen molar-refractivity contribution < 1.29 is 18.0 Å². The van der Waals surface area contributed by atoms with Gasteiger partial charge in [0.2, 0.25) is 5.91 Å². The van der Waals surface area contributed by atoms with Gasteiger partial charge in [-0.25, -0.2) is 4.98 Å². The number of aromatic nitrogens is 2. The normalized spacial score (nSPS) is 14.0. The molecule has 1 aliphatic rings. The van der Waals surface area contributed by atoms with Crippen LogP contribution in [-0.2, 0) is 23.8 Å². The van der Waals surface area contributed by atoms with Crippen molar-refractivity contribution in [3.63, 3.8) is 0 Å². The summed E-state index contributed by atoms with van der Waals surface area (Å²) in [6, 6.07) is 4.62. The zero-order valence-electron chi connectivity index (χ0n) is 16.0. The molecule has 10 heteroatoms. The van der Waals surface area contributed by atoms with Crippen LogP contribution in [-0.4, -0.2) is 28.3 Å². The Kier molecular flexibility index (Phi) is 5.63. The van der Waals surface area contributed by atoms with Gasteiger partial charge in [0.25, 0.3) is 5.56 Å². The van der Waals surface area contributed by atoms with Crippen molar-refractivity contribution in [3.05, 3.63) is 50.6 Å². The van der Waals surface area contributed by atoms with Gasteiger partial charge in [0.15, 0.2) is 5.16 Å². The van der Waals surface area contributed by atoms with Crippen LogP contribution in [0.25, 0.3) is 15.9 Å². The first-order valence-corrected chi connectivity index (χ1v) is 11.2. The average molecular weight is 454 g/mol. The van der Waals surface area contributed by atoms with E-state index in [1.54, 1.807) is 0 Å². The molecule has 1 amide bonds. The Hall–Kier alpha value is -2.33. The first kappa shape index (κ1) is 20.9. The molecule has 2 heterocycles. The van der Waals surface area contributed by atoms with Gasteiger partial charge in [-0.1, -0.05) is 17.8 Å². The fraction of sp³-hybridized carbons (Fsp3) is 0.350. The summed E-state index contributed by atoms with van der Waals surface area (Å²) in [5.74, 6) is -0.270. The molecule has 0 unspecified atom stereocenters. The van der Waals surface area contributed by atoms with Crippen molar-refractivity contribution in [3.8, 4) is 5.69 Å². The van der Waals surface area contributed by atoms with Crippen molar-refractivity contribution in [2.75, 3.05) is 12.8 Å². The first-order chi connectivity index (χ1) is 14.3. The van der Waals surface area contributed by atoms with Gasteiger partial charge in [0.1, 0.15) is 4.83 Å². The lowest BCUT2D eigenvalue weighted by molar-refractivity contribution is -0.137. The van der Waals surface area contributed by atoms with Gasteiger partial charge in [0.05, 0.1) is 22.4 Å². The lowest BCUT2D eigenvalue weighted by Crippen LogP contribution is -2.24. The third-order valence-electron chi connectivity index (χ3n) is 5.00. The third-order valence-corrected chi connectivity index (χ3v) is 7.13. The molecular weight excluding hydrogens is 435 g/mol. The fourth-order valence-corrected chi connectivity index (χ4v) is 5.72. The maximum atomic E-state index is 13.5. The van der Waals surface area contributed by atoms with Crippen LogP contribution in [0.15, 0.2) is 34.2 Å². The van der Waals surface area contributed by atoms with E-state index in [1.165, 1.54) is 35.1 Å². The Labute approximate surface area is 178 Å². The number of carbonyl (C=O) groups is 1. The lowest BCUT2D eigenvalue weighted by Gasteiger charge is -2.15. The van der Waals surface area contributed by atoms with E-state index >= 15 is 0 Å². The smallest absolute Gasteiger partial charge is 0.358 e. The van der Waals surface area contributed by atoms with E-state index in [9.17, 15) is 22.8 Å². The topological polar surface area (TPSA) is 64.0 Å². The largest absolute Gasteiger partial charge is 0.416 e. The molecule has 1 aliphatic carbocycles. The predicted octanol–water partition coefficient (Wildman–Crippen LogP) is 4.18. The van der Waals surface area contributed by atoms with Gasteiger partial charge >= 0.3 is 6.18 Å². The number of nitrogens with zero attached hydrogens (tertiary/aromatic N) is 2. The maximum absolute atomic E-state index is 13.5. The molecule has 0 aliphatic heterocycles. The second kappa shape index (κ2) is 8.07. The van der Waals surface area contributed by atoms with Gasteiger partial charge in [-0.05, 0) is 49.4 Å². The van der Waals surface area contributed by atoms with E-state index in [0.717, 1.165) is 60.0 Å². The summed E-state index contributed by atoms with van der Waals surface area (Å²) in [4.78, 5) is 31.5. The number of rotatable bonds is 4. The first-order valence-electron chi connectivity index (χ1n) is 9.38. The van der Waals surface area contributed by atoms with Gasteiger partial charge in [0, 0.05) is 11.9 Å². The summed E-state index contributed by atoms with van der Waals surface area (Å²) in [5.41, 5.74) is -0.193. The SMILES string of the molecule is CNC(=O)CSc1nc2sc3c(c2c(=O)n1-c1cccc(C(F)(F)F)c1)CCCC3. The molecule has 158 valence electrons.